The van der Waals surface area contributed by atoms with E-state index in [0.717, 1.165) is 64.2 Å². The fourth-order valence-electron chi connectivity index (χ4n) is 5.98. The van der Waals surface area contributed by atoms with Gasteiger partial charge in [0, 0.05) is 25.7 Å². The van der Waals surface area contributed by atoms with Crippen LogP contribution < -0.4 is 0 Å². The van der Waals surface area contributed by atoms with E-state index in [4.69, 9.17) is 28.4 Å². The fraction of sp³-hybridized carbons (Fsp3) is 0.905. The second-order valence-electron chi connectivity index (χ2n) is 15.3. The number of esters is 4. The van der Waals surface area contributed by atoms with E-state index in [1.807, 2.05) is 13.8 Å². The van der Waals surface area contributed by atoms with Gasteiger partial charge in [-0.05, 0) is 52.4 Å². The van der Waals surface area contributed by atoms with Gasteiger partial charge >= 0.3 is 23.9 Å². The number of ether oxygens (including phenoxy) is 6. The van der Waals surface area contributed by atoms with Crippen molar-refractivity contribution in [3.8, 4) is 0 Å². The molecule has 0 amide bonds. The van der Waals surface area contributed by atoms with Gasteiger partial charge < -0.3 is 28.4 Å². The van der Waals surface area contributed by atoms with E-state index in [9.17, 15) is 19.2 Å². The van der Waals surface area contributed by atoms with Crippen molar-refractivity contribution in [1.29, 1.82) is 0 Å². The first kappa shape index (κ1) is 47.8. The molecular formula is C42H76O10. The largest absolute Gasteiger partial charge is 0.466 e. The van der Waals surface area contributed by atoms with Gasteiger partial charge in [0.2, 0.25) is 0 Å². The van der Waals surface area contributed by atoms with Crippen LogP contribution in [-0.2, 0) is 47.6 Å². The molecule has 0 unspecified atom stereocenters. The van der Waals surface area contributed by atoms with E-state index in [1.54, 1.807) is 0 Å². The Bertz CT molecular complexity index is 862. The molecular weight excluding hydrogens is 664 g/mol. The van der Waals surface area contributed by atoms with E-state index >= 15 is 0 Å². The number of rotatable bonds is 34. The highest BCUT2D eigenvalue weighted by atomic mass is 16.7. The van der Waals surface area contributed by atoms with E-state index < -0.39 is 11.2 Å². The molecule has 0 radical (unpaired) electrons. The van der Waals surface area contributed by atoms with Gasteiger partial charge in [-0.2, -0.15) is 0 Å². The summed E-state index contributed by atoms with van der Waals surface area (Å²) in [5.41, 5.74) is -0.772. The van der Waals surface area contributed by atoms with Gasteiger partial charge in [-0.15, -0.1) is 0 Å². The maximum atomic E-state index is 12.6. The Morgan fingerprint density at radius 2 is 0.712 bits per heavy atom. The number of carbonyl (C=O) groups excluding carboxylic acids is 4. The Morgan fingerprint density at radius 1 is 0.423 bits per heavy atom. The summed E-state index contributed by atoms with van der Waals surface area (Å²) in [4.78, 5) is 49.1. The number of hydrogen-bond donors (Lipinski definition) is 0. The van der Waals surface area contributed by atoms with Gasteiger partial charge in [-0.25, -0.2) is 0 Å². The van der Waals surface area contributed by atoms with Crippen molar-refractivity contribution in [3.63, 3.8) is 0 Å². The maximum absolute atomic E-state index is 12.6. The van der Waals surface area contributed by atoms with Crippen LogP contribution in [0.5, 0.6) is 0 Å². The Hall–Kier alpha value is -2.20. The first-order valence-electron chi connectivity index (χ1n) is 21.0. The van der Waals surface area contributed by atoms with Gasteiger partial charge in [0.25, 0.3) is 0 Å². The molecule has 1 heterocycles. The smallest absolute Gasteiger partial charge is 0.305 e. The third kappa shape index (κ3) is 27.4. The standard InChI is InChI=1S/C42H76O10/c1-5-7-9-11-13-19-25-31-47-37(43)27-21-15-17-23-29-39(45)49-33-42(35-51-41(3,4)52-36-42)34-50-40(46)30-24-18-16-22-28-38(44)48-32-26-20-14-12-10-8-6-2/h5-36H2,1-4H3. The van der Waals surface area contributed by atoms with Crippen molar-refractivity contribution >= 4 is 23.9 Å². The van der Waals surface area contributed by atoms with Crippen molar-refractivity contribution in [2.75, 3.05) is 39.6 Å². The van der Waals surface area contributed by atoms with Crippen LogP contribution in [0.15, 0.2) is 0 Å². The highest BCUT2D eigenvalue weighted by molar-refractivity contribution is 5.70. The Kier molecular flexibility index (Phi) is 28.7. The van der Waals surface area contributed by atoms with Crippen LogP contribution in [0, 0.1) is 5.41 Å². The molecule has 0 bridgehead atoms. The zero-order chi connectivity index (χ0) is 38.2. The molecule has 52 heavy (non-hydrogen) atoms. The number of hydrogen-bond acceptors (Lipinski definition) is 10. The number of carbonyl (C=O) groups is 4. The van der Waals surface area contributed by atoms with Crippen LogP contribution in [0.25, 0.3) is 0 Å². The van der Waals surface area contributed by atoms with Crippen molar-refractivity contribution < 1.29 is 47.6 Å². The molecule has 304 valence electrons. The fourth-order valence-corrected chi connectivity index (χ4v) is 5.98. The first-order valence-corrected chi connectivity index (χ1v) is 21.0. The summed E-state index contributed by atoms with van der Waals surface area (Å²) in [7, 11) is 0. The van der Waals surface area contributed by atoms with Gasteiger partial charge in [-0.1, -0.05) is 117 Å². The molecule has 1 aliphatic rings. The summed E-state index contributed by atoms with van der Waals surface area (Å²) in [5, 5.41) is 0. The molecule has 1 fully saturated rings. The lowest BCUT2D eigenvalue weighted by Gasteiger charge is -2.42. The highest BCUT2D eigenvalue weighted by Crippen LogP contribution is 2.31. The lowest BCUT2D eigenvalue weighted by molar-refractivity contribution is -0.296. The van der Waals surface area contributed by atoms with Gasteiger partial charge in [0.15, 0.2) is 5.79 Å². The molecule has 10 nitrogen and oxygen atoms in total. The zero-order valence-corrected chi connectivity index (χ0v) is 33.7. The van der Waals surface area contributed by atoms with Crippen LogP contribution in [0.2, 0.25) is 0 Å². The quantitative estimate of drug-likeness (QED) is 0.0358. The van der Waals surface area contributed by atoms with Gasteiger partial charge in [0.1, 0.15) is 13.2 Å². The Balaban J connectivity index is 2.17. The molecule has 1 aliphatic heterocycles. The monoisotopic (exact) mass is 741 g/mol. The average Bonchev–Trinajstić information content (AvgIpc) is 3.12. The molecule has 0 aromatic carbocycles. The molecule has 0 saturated carbocycles. The molecule has 1 rings (SSSR count). The van der Waals surface area contributed by atoms with Crippen molar-refractivity contribution in [2.24, 2.45) is 5.41 Å². The minimum Gasteiger partial charge on any atom is -0.466 e. The lowest BCUT2D eigenvalue weighted by Crippen LogP contribution is -2.51. The summed E-state index contributed by atoms with van der Waals surface area (Å²) in [6.07, 6.45) is 24.3. The maximum Gasteiger partial charge on any atom is 0.305 e. The molecule has 0 aromatic heterocycles. The summed E-state index contributed by atoms with van der Waals surface area (Å²) < 4.78 is 33.7. The van der Waals surface area contributed by atoms with E-state index in [2.05, 4.69) is 13.8 Å². The highest BCUT2D eigenvalue weighted by Gasteiger charge is 2.42. The third-order valence-corrected chi connectivity index (χ3v) is 9.58. The van der Waals surface area contributed by atoms with Crippen molar-refractivity contribution in [3.05, 3.63) is 0 Å². The average molecular weight is 741 g/mol. The molecule has 0 atom stereocenters. The predicted molar refractivity (Wildman–Crippen MR) is 204 cm³/mol. The second kappa shape index (κ2) is 31.2. The molecule has 0 aliphatic carbocycles. The van der Waals surface area contributed by atoms with Crippen molar-refractivity contribution in [2.45, 2.75) is 200 Å². The molecule has 10 heteroatoms. The summed E-state index contributed by atoms with van der Waals surface area (Å²) >= 11 is 0. The topological polar surface area (TPSA) is 124 Å². The van der Waals surface area contributed by atoms with Crippen LogP contribution >= 0.6 is 0 Å². The molecule has 0 spiro atoms. The normalized spacial score (nSPS) is 14.8. The molecule has 1 saturated heterocycles. The van der Waals surface area contributed by atoms with Gasteiger partial charge in [-0.3, -0.25) is 19.2 Å². The molecule has 0 aromatic rings. The minimum atomic E-state index is -0.772. The van der Waals surface area contributed by atoms with Crippen LogP contribution in [0.1, 0.15) is 195 Å². The SMILES string of the molecule is CCCCCCCCCOC(=O)CCCCCCC(=O)OCC1(COC(=O)CCCCCCC(=O)OCCCCCCCCC)COC(C)(C)OC1. The second-order valence-corrected chi connectivity index (χ2v) is 15.3. The molecule has 0 N–H and O–H groups in total. The van der Waals surface area contributed by atoms with E-state index in [0.29, 0.717) is 38.9 Å². The number of unbranched alkanes of at least 4 members (excludes halogenated alkanes) is 18. The summed E-state index contributed by atoms with van der Waals surface area (Å²) in [5.74, 6) is -1.67. The van der Waals surface area contributed by atoms with Crippen LogP contribution in [0.3, 0.4) is 0 Å². The lowest BCUT2D eigenvalue weighted by atomic mass is 9.91. The first-order chi connectivity index (χ1) is 25.1. The van der Waals surface area contributed by atoms with Crippen molar-refractivity contribution in [1.82, 2.24) is 0 Å². The van der Waals surface area contributed by atoms with E-state index in [-0.39, 0.29) is 63.1 Å². The summed E-state index contributed by atoms with van der Waals surface area (Å²) in [6.45, 7) is 9.64. The van der Waals surface area contributed by atoms with Gasteiger partial charge in [0.05, 0.1) is 31.8 Å². The third-order valence-electron chi connectivity index (χ3n) is 9.58. The summed E-state index contributed by atoms with van der Waals surface area (Å²) in [6, 6.07) is 0. The predicted octanol–water partition coefficient (Wildman–Crippen LogP) is 10.1. The minimum absolute atomic E-state index is 0.0365. The zero-order valence-electron chi connectivity index (χ0n) is 33.7. The van der Waals surface area contributed by atoms with Crippen LogP contribution in [0.4, 0.5) is 0 Å². The van der Waals surface area contributed by atoms with Crippen LogP contribution in [-0.4, -0.2) is 69.3 Å². The Labute approximate surface area is 316 Å². The Morgan fingerprint density at radius 3 is 1.06 bits per heavy atom. The van der Waals surface area contributed by atoms with E-state index in [1.165, 1.54) is 64.2 Å².